The number of benzene rings is 1. The highest BCUT2D eigenvalue weighted by Gasteiger charge is 2.18. The van der Waals surface area contributed by atoms with Gasteiger partial charge in [-0.15, -0.1) is 0 Å². The van der Waals surface area contributed by atoms with Crippen LogP contribution in [0.15, 0.2) is 36.5 Å². The van der Waals surface area contributed by atoms with Gasteiger partial charge >= 0.3 is 0 Å². The molecule has 1 aliphatic heterocycles. The van der Waals surface area contributed by atoms with E-state index in [2.05, 4.69) is 15.7 Å². The van der Waals surface area contributed by atoms with E-state index in [0.717, 1.165) is 32.4 Å². The minimum absolute atomic E-state index is 0.150. The Balaban J connectivity index is 1.54. The lowest BCUT2D eigenvalue weighted by atomic mass is 10.1. The molecule has 2 unspecified atom stereocenters. The van der Waals surface area contributed by atoms with E-state index in [-0.39, 0.29) is 12.0 Å². The molecule has 0 bridgehead atoms. The van der Waals surface area contributed by atoms with E-state index >= 15 is 0 Å². The maximum Gasteiger partial charge on any atom is 0.271 e. The molecule has 0 radical (unpaired) electrons. The predicted molar refractivity (Wildman–Crippen MR) is 102 cm³/mol. The molecule has 140 valence electrons. The molecule has 0 saturated carbocycles. The highest BCUT2D eigenvalue weighted by Crippen LogP contribution is 2.24. The smallest absolute Gasteiger partial charge is 0.271 e. The number of nitrogens with one attached hydrogen (secondary N) is 2. The van der Waals surface area contributed by atoms with Crippen LogP contribution in [-0.4, -0.2) is 41.4 Å². The van der Waals surface area contributed by atoms with E-state index < -0.39 is 0 Å². The molecule has 6 nitrogen and oxygen atoms in total. The molecule has 1 aliphatic rings. The van der Waals surface area contributed by atoms with E-state index in [1.807, 2.05) is 36.0 Å². The minimum atomic E-state index is -0.186. The SMILES string of the molecule is CCC(CNC(=O)c1ccn(C2CCCNC2)n1)Oc1ccccc1Cl. The van der Waals surface area contributed by atoms with E-state index in [1.54, 1.807) is 12.1 Å². The Morgan fingerprint density at radius 3 is 3.04 bits per heavy atom. The third-order valence-electron chi connectivity index (χ3n) is 4.56. The number of carbonyl (C=O) groups excluding carboxylic acids is 1. The monoisotopic (exact) mass is 376 g/mol. The van der Waals surface area contributed by atoms with Crippen LogP contribution in [0.1, 0.15) is 42.7 Å². The number of piperidine rings is 1. The molecule has 26 heavy (non-hydrogen) atoms. The maximum absolute atomic E-state index is 12.4. The molecule has 2 heterocycles. The normalized spacial score (nSPS) is 18.3. The first-order valence-electron chi connectivity index (χ1n) is 9.12. The molecule has 7 heteroatoms. The zero-order valence-electron chi connectivity index (χ0n) is 15.0. The Labute approximate surface area is 158 Å². The molecule has 1 amide bonds. The van der Waals surface area contributed by atoms with Gasteiger partial charge in [0, 0.05) is 12.7 Å². The summed E-state index contributed by atoms with van der Waals surface area (Å²) in [5.74, 6) is 0.443. The summed E-state index contributed by atoms with van der Waals surface area (Å²) in [5.41, 5.74) is 0.433. The standard InChI is InChI=1S/C19H25ClN4O2/c1-2-15(26-18-8-4-3-7-16(18)20)13-22-19(25)17-9-11-24(23-17)14-6-5-10-21-12-14/h3-4,7-9,11,14-15,21H,2,5-6,10,12-13H2,1H3,(H,22,25). The van der Waals surface area contributed by atoms with Crippen molar-refractivity contribution in [3.63, 3.8) is 0 Å². The molecule has 1 aromatic heterocycles. The molecule has 1 fully saturated rings. The van der Waals surface area contributed by atoms with Gasteiger partial charge in [-0.2, -0.15) is 5.10 Å². The number of hydrogen-bond donors (Lipinski definition) is 2. The van der Waals surface area contributed by atoms with Crippen molar-refractivity contribution in [2.45, 2.75) is 38.3 Å². The number of amides is 1. The van der Waals surface area contributed by atoms with Crippen molar-refractivity contribution < 1.29 is 9.53 Å². The van der Waals surface area contributed by atoms with Crippen LogP contribution >= 0.6 is 11.6 Å². The fraction of sp³-hybridized carbons (Fsp3) is 0.474. The number of ether oxygens (including phenoxy) is 1. The Bertz CT molecular complexity index is 728. The number of carbonyl (C=O) groups is 1. The van der Waals surface area contributed by atoms with Crippen molar-refractivity contribution in [1.29, 1.82) is 0 Å². The van der Waals surface area contributed by atoms with Crippen LogP contribution in [0.5, 0.6) is 5.75 Å². The van der Waals surface area contributed by atoms with Crippen molar-refractivity contribution in [1.82, 2.24) is 20.4 Å². The Kier molecular flexibility index (Phi) is 6.52. The van der Waals surface area contributed by atoms with Crippen LogP contribution in [0.25, 0.3) is 0 Å². The second kappa shape index (κ2) is 9.05. The van der Waals surface area contributed by atoms with Gasteiger partial charge < -0.3 is 15.4 Å². The summed E-state index contributed by atoms with van der Waals surface area (Å²) in [6, 6.07) is 9.42. The predicted octanol–water partition coefficient (Wildman–Crippen LogP) is 3.05. The Morgan fingerprint density at radius 1 is 1.46 bits per heavy atom. The van der Waals surface area contributed by atoms with Gasteiger partial charge in [-0.25, -0.2) is 0 Å². The van der Waals surface area contributed by atoms with E-state index in [0.29, 0.717) is 29.1 Å². The van der Waals surface area contributed by atoms with Crippen molar-refractivity contribution in [3.8, 4) is 5.75 Å². The van der Waals surface area contributed by atoms with Gasteiger partial charge in [0.2, 0.25) is 0 Å². The zero-order chi connectivity index (χ0) is 18.4. The van der Waals surface area contributed by atoms with Crippen LogP contribution in [0.4, 0.5) is 0 Å². The van der Waals surface area contributed by atoms with Crippen molar-refractivity contribution in [2.24, 2.45) is 0 Å². The van der Waals surface area contributed by atoms with Gasteiger partial charge in [-0.3, -0.25) is 9.48 Å². The summed E-state index contributed by atoms with van der Waals surface area (Å²) < 4.78 is 7.79. The average molecular weight is 377 g/mol. The molecule has 2 N–H and O–H groups in total. The first kappa shape index (κ1) is 18.7. The lowest BCUT2D eigenvalue weighted by molar-refractivity contribution is 0.0919. The van der Waals surface area contributed by atoms with Crippen molar-refractivity contribution >= 4 is 17.5 Å². The Hall–Kier alpha value is -2.05. The number of halogens is 1. The minimum Gasteiger partial charge on any atom is -0.487 e. The largest absolute Gasteiger partial charge is 0.487 e. The molecule has 0 spiro atoms. The topological polar surface area (TPSA) is 68.2 Å². The molecule has 3 rings (SSSR count). The van der Waals surface area contributed by atoms with Crippen LogP contribution < -0.4 is 15.4 Å². The number of aromatic nitrogens is 2. The van der Waals surface area contributed by atoms with Gasteiger partial charge in [-0.1, -0.05) is 30.7 Å². The highest BCUT2D eigenvalue weighted by atomic mass is 35.5. The molecule has 2 aromatic rings. The molecule has 1 saturated heterocycles. The van der Waals surface area contributed by atoms with Crippen LogP contribution in [0.3, 0.4) is 0 Å². The molecular formula is C19H25ClN4O2. The molecule has 2 atom stereocenters. The summed E-state index contributed by atoms with van der Waals surface area (Å²) >= 11 is 6.13. The van der Waals surface area contributed by atoms with E-state index in [1.165, 1.54) is 0 Å². The quantitative estimate of drug-likeness (QED) is 0.779. The van der Waals surface area contributed by atoms with E-state index in [4.69, 9.17) is 16.3 Å². The molecule has 0 aliphatic carbocycles. The van der Waals surface area contributed by atoms with Crippen LogP contribution in [-0.2, 0) is 0 Å². The third-order valence-corrected chi connectivity index (χ3v) is 4.87. The van der Waals surface area contributed by atoms with Gasteiger partial charge in [0.25, 0.3) is 5.91 Å². The second-order valence-electron chi connectivity index (χ2n) is 6.47. The van der Waals surface area contributed by atoms with Gasteiger partial charge in [0.15, 0.2) is 0 Å². The summed E-state index contributed by atoms with van der Waals surface area (Å²) in [5, 5.41) is 11.3. The first-order chi connectivity index (χ1) is 12.7. The highest BCUT2D eigenvalue weighted by molar-refractivity contribution is 6.32. The third kappa shape index (κ3) is 4.77. The summed E-state index contributed by atoms with van der Waals surface area (Å²) in [7, 11) is 0. The molecule has 1 aromatic carbocycles. The second-order valence-corrected chi connectivity index (χ2v) is 6.88. The van der Waals surface area contributed by atoms with Crippen molar-refractivity contribution in [2.75, 3.05) is 19.6 Å². The lowest BCUT2D eigenvalue weighted by Gasteiger charge is -2.22. The van der Waals surface area contributed by atoms with Gasteiger partial charge in [-0.05, 0) is 44.0 Å². The maximum atomic E-state index is 12.4. The van der Waals surface area contributed by atoms with Crippen LogP contribution in [0.2, 0.25) is 5.02 Å². The summed E-state index contributed by atoms with van der Waals surface area (Å²) in [4.78, 5) is 12.4. The summed E-state index contributed by atoms with van der Waals surface area (Å²) in [6.45, 7) is 4.36. The number of nitrogens with zero attached hydrogens (tertiary/aromatic N) is 2. The first-order valence-corrected chi connectivity index (χ1v) is 9.50. The van der Waals surface area contributed by atoms with E-state index in [9.17, 15) is 4.79 Å². The van der Waals surface area contributed by atoms with Gasteiger partial charge in [0.1, 0.15) is 17.5 Å². The summed E-state index contributed by atoms with van der Waals surface area (Å²) in [6.07, 6.45) is 4.70. The Morgan fingerprint density at radius 2 is 2.31 bits per heavy atom. The zero-order valence-corrected chi connectivity index (χ0v) is 15.7. The number of para-hydroxylation sites is 1. The number of rotatable bonds is 7. The van der Waals surface area contributed by atoms with Crippen LogP contribution in [0, 0.1) is 0 Å². The average Bonchev–Trinajstić information content (AvgIpc) is 3.17. The molecular weight excluding hydrogens is 352 g/mol. The lowest BCUT2D eigenvalue weighted by Crippen LogP contribution is -2.35. The number of hydrogen-bond acceptors (Lipinski definition) is 4. The van der Waals surface area contributed by atoms with Crippen molar-refractivity contribution in [3.05, 3.63) is 47.2 Å². The fourth-order valence-corrected chi connectivity index (χ4v) is 3.19. The van der Waals surface area contributed by atoms with Gasteiger partial charge in [0.05, 0.1) is 17.6 Å². The fourth-order valence-electron chi connectivity index (χ4n) is 3.01.